The molecule has 1 atom stereocenters. The Hall–Kier alpha value is -0.250. The summed E-state index contributed by atoms with van der Waals surface area (Å²) in [4.78, 5) is 0. The standard InChI is InChI=1S/C9H20NO2.ClH/c1-5-6-12-8-9(11)7-10(2,3)4;/h5-6,9,11H,7-8H2,1-4H3;1H/q+1;/p-1/b6-5+;. The van der Waals surface area contributed by atoms with Gasteiger partial charge < -0.3 is 26.7 Å². The minimum absolute atomic E-state index is 0. The van der Waals surface area contributed by atoms with Gasteiger partial charge in [-0.2, -0.15) is 0 Å². The lowest BCUT2D eigenvalue weighted by Crippen LogP contribution is -3.00. The highest BCUT2D eigenvalue weighted by Crippen LogP contribution is 1.95. The van der Waals surface area contributed by atoms with Crippen molar-refractivity contribution < 1.29 is 26.7 Å². The van der Waals surface area contributed by atoms with Crippen LogP contribution in [0, 0.1) is 0 Å². The molecule has 0 spiro atoms. The number of aliphatic hydroxyl groups excluding tert-OH is 1. The summed E-state index contributed by atoms with van der Waals surface area (Å²) in [5, 5.41) is 9.44. The highest BCUT2D eigenvalue weighted by Gasteiger charge is 2.14. The summed E-state index contributed by atoms with van der Waals surface area (Å²) in [6, 6.07) is 0. The smallest absolute Gasteiger partial charge is 0.137 e. The summed E-state index contributed by atoms with van der Waals surface area (Å²) in [6.07, 6.45) is 3.01. The molecule has 0 heterocycles. The van der Waals surface area contributed by atoms with Crippen LogP contribution in [0.15, 0.2) is 12.3 Å². The van der Waals surface area contributed by atoms with E-state index in [1.54, 1.807) is 12.3 Å². The molecule has 0 aliphatic carbocycles. The van der Waals surface area contributed by atoms with Gasteiger partial charge in [0.15, 0.2) is 0 Å². The number of nitrogens with zero attached hydrogens (tertiary/aromatic N) is 1. The zero-order chi connectivity index (χ0) is 9.61. The predicted octanol–water partition coefficient (Wildman–Crippen LogP) is -2.39. The SMILES string of the molecule is C/C=C/OCC(O)C[N+](C)(C)C.[Cl-]. The molecule has 0 aromatic carbocycles. The second-order valence-electron chi connectivity index (χ2n) is 3.93. The molecule has 0 saturated carbocycles. The number of halogens is 1. The number of quaternary nitrogens is 1. The van der Waals surface area contributed by atoms with Crippen LogP contribution >= 0.6 is 0 Å². The number of rotatable bonds is 5. The van der Waals surface area contributed by atoms with Crippen molar-refractivity contribution >= 4 is 0 Å². The van der Waals surface area contributed by atoms with E-state index in [0.29, 0.717) is 13.2 Å². The number of hydrogen-bond donors (Lipinski definition) is 1. The van der Waals surface area contributed by atoms with Crippen LogP contribution in [0.4, 0.5) is 0 Å². The van der Waals surface area contributed by atoms with Crippen LogP contribution in [0.3, 0.4) is 0 Å². The number of likely N-dealkylation sites (N-methyl/N-ethyl adjacent to an activating group) is 1. The van der Waals surface area contributed by atoms with E-state index in [1.165, 1.54) is 0 Å². The second-order valence-corrected chi connectivity index (χ2v) is 3.93. The Balaban J connectivity index is 0. The zero-order valence-corrected chi connectivity index (χ0v) is 9.58. The third kappa shape index (κ3) is 11.8. The van der Waals surface area contributed by atoms with Crippen molar-refractivity contribution in [2.45, 2.75) is 13.0 Å². The Labute approximate surface area is 87.0 Å². The number of aliphatic hydroxyl groups is 1. The fraction of sp³-hybridized carbons (Fsp3) is 0.778. The number of allylic oxidation sites excluding steroid dienone is 1. The van der Waals surface area contributed by atoms with E-state index in [2.05, 4.69) is 0 Å². The van der Waals surface area contributed by atoms with Crippen LogP contribution in [-0.2, 0) is 4.74 Å². The first-order valence-electron chi connectivity index (χ1n) is 4.17. The van der Waals surface area contributed by atoms with Gasteiger partial charge in [0.2, 0.25) is 0 Å². The van der Waals surface area contributed by atoms with Crippen molar-refractivity contribution in [3.8, 4) is 0 Å². The second kappa shape index (κ2) is 7.18. The zero-order valence-electron chi connectivity index (χ0n) is 8.83. The maximum absolute atomic E-state index is 9.44. The van der Waals surface area contributed by atoms with Crippen LogP contribution < -0.4 is 12.4 Å². The van der Waals surface area contributed by atoms with Gasteiger partial charge in [0.25, 0.3) is 0 Å². The Bertz CT molecular complexity index is 143. The molecule has 0 aliphatic heterocycles. The molecule has 1 unspecified atom stereocenters. The molecule has 0 bridgehead atoms. The Kier molecular flexibility index (Phi) is 8.42. The van der Waals surface area contributed by atoms with E-state index in [1.807, 2.05) is 28.1 Å². The molecular formula is C9H20ClNO2. The molecule has 0 aromatic heterocycles. The molecule has 4 heteroatoms. The molecule has 80 valence electrons. The van der Waals surface area contributed by atoms with E-state index >= 15 is 0 Å². The summed E-state index contributed by atoms with van der Waals surface area (Å²) < 4.78 is 5.80. The van der Waals surface area contributed by atoms with E-state index in [0.717, 1.165) is 4.48 Å². The van der Waals surface area contributed by atoms with Gasteiger partial charge in [0.1, 0.15) is 19.3 Å². The van der Waals surface area contributed by atoms with Crippen molar-refractivity contribution in [3.05, 3.63) is 12.3 Å². The lowest BCUT2D eigenvalue weighted by molar-refractivity contribution is -0.873. The molecule has 0 aliphatic rings. The fourth-order valence-corrected chi connectivity index (χ4v) is 0.948. The van der Waals surface area contributed by atoms with E-state index in [9.17, 15) is 5.11 Å². The largest absolute Gasteiger partial charge is 1.00 e. The van der Waals surface area contributed by atoms with Crippen molar-refractivity contribution in [2.24, 2.45) is 0 Å². The monoisotopic (exact) mass is 209 g/mol. The van der Waals surface area contributed by atoms with E-state index < -0.39 is 0 Å². The Morgan fingerprint density at radius 1 is 1.38 bits per heavy atom. The van der Waals surface area contributed by atoms with Crippen molar-refractivity contribution in [1.29, 1.82) is 0 Å². The molecule has 1 N–H and O–H groups in total. The Morgan fingerprint density at radius 2 is 1.92 bits per heavy atom. The predicted molar refractivity (Wildman–Crippen MR) is 49.7 cm³/mol. The lowest BCUT2D eigenvalue weighted by Gasteiger charge is -2.26. The first kappa shape index (κ1) is 15.2. The Morgan fingerprint density at radius 3 is 2.31 bits per heavy atom. The lowest BCUT2D eigenvalue weighted by atomic mass is 10.3. The molecule has 13 heavy (non-hydrogen) atoms. The fourth-order valence-electron chi connectivity index (χ4n) is 0.948. The van der Waals surface area contributed by atoms with Crippen LogP contribution in [0.1, 0.15) is 6.92 Å². The van der Waals surface area contributed by atoms with Crippen LogP contribution in [-0.4, -0.2) is 50.0 Å². The first-order valence-corrected chi connectivity index (χ1v) is 4.17. The minimum Gasteiger partial charge on any atom is -1.00 e. The van der Waals surface area contributed by atoms with Crippen LogP contribution in [0.5, 0.6) is 0 Å². The number of hydrogen-bond acceptors (Lipinski definition) is 2. The highest BCUT2D eigenvalue weighted by molar-refractivity contribution is 4.66. The molecule has 0 amide bonds. The maximum atomic E-state index is 9.44. The molecule has 0 aromatic rings. The third-order valence-electron chi connectivity index (χ3n) is 1.28. The van der Waals surface area contributed by atoms with Gasteiger partial charge in [-0.1, -0.05) is 6.08 Å². The van der Waals surface area contributed by atoms with E-state index in [4.69, 9.17) is 4.74 Å². The van der Waals surface area contributed by atoms with Crippen molar-refractivity contribution in [2.75, 3.05) is 34.3 Å². The average molecular weight is 210 g/mol. The summed E-state index contributed by atoms with van der Waals surface area (Å²) in [5.74, 6) is 0. The van der Waals surface area contributed by atoms with Gasteiger partial charge in [-0.25, -0.2) is 0 Å². The summed E-state index contributed by atoms with van der Waals surface area (Å²) in [6.45, 7) is 2.96. The minimum atomic E-state index is -0.388. The molecule has 0 rings (SSSR count). The average Bonchev–Trinajstić information content (AvgIpc) is 1.84. The topological polar surface area (TPSA) is 29.5 Å². The maximum Gasteiger partial charge on any atom is 0.137 e. The van der Waals surface area contributed by atoms with Gasteiger partial charge in [-0.15, -0.1) is 0 Å². The van der Waals surface area contributed by atoms with Gasteiger partial charge in [-0.3, -0.25) is 0 Å². The van der Waals surface area contributed by atoms with E-state index in [-0.39, 0.29) is 18.5 Å². The molecular weight excluding hydrogens is 190 g/mol. The summed E-state index contributed by atoms with van der Waals surface area (Å²) in [5.41, 5.74) is 0. The summed E-state index contributed by atoms with van der Waals surface area (Å²) >= 11 is 0. The molecule has 3 nitrogen and oxygen atoms in total. The molecule has 0 fully saturated rings. The summed E-state index contributed by atoms with van der Waals surface area (Å²) in [7, 11) is 6.12. The third-order valence-corrected chi connectivity index (χ3v) is 1.28. The van der Waals surface area contributed by atoms with Crippen molar-refractivity contribution in [3.63, 3.8) is 0 Å². The quantitative estimate of drug-likeness (QED) is 0.405. The molecule has 0 saturated heterocycles. The van der Waals surface area contributed by atoms with Gasteiger partial charge in [-0.05, 0) is 6.92 Å². The van der Waals surface area contributed by atoms with Gasteiger partial charge in [0, 0.05) is 0 Å². The van der Waals surface area contributed by atoms with Gasteiger partial charge in [0.05, 0.1) is 27.4 Å². The van der Waals surface area contributed by atoms with Crippen LogP contribution in [0.25, 0.3) is 0 Å². The normalized spacial score (nSPS) is 13.9. The first-order chi connectivity index (χ1) is 5.45. The molecule has 0 radical (unpaired) electrons. The van der Waals surface area contributed by atoms with Crippen molar-refractivity contribution in [1.82, 2.24) is 0 Å². The number of ether oxygens (including phenoxy) is 1. The van der Waals surface area contributed by atoms with Crippen LogP contribution in [0.2, 0.25) is 0 Å². The van der Waals surface area contributed by atoms with Gasteiger partial charge >= 0.3 is 0 Å². The highest BCUT2D eigenvalue weighted by atomic mass is 35.5.